The molecule has 1 heterocycles. The highest BCUT2D eigenvalue weighted by Gasteiger charge is 2.40. The van der Waals surface area contributed by atoms with Gasteiger partial charge in [-0.15, -0.1) is 0 Å². The molecule has 0 spiro atoms. The van der Waals surface area contributed by atoms with E-state index in [1.165, 1.54) is 61.3 Å². The first-order chi connectivity index (χ1) is 25.1. The molecule has 52 heavy (non-hydrogen) atoms. The van der Waals surface area contributed by atoms with Crippen molar-refractivity contribution < 1.29 is 4.42 Å². The fourth-order valence-electron chi connectivity index (χ4n) is 9.52. The summed E-state index contributed by atoms with van der Waals surface area (Å²) in [6.45, 7) is 14.0. The second-order valence-corrected chi connectivity index (χ2v) is 15.8. The van der Waals surface area contributed by atoms with Crippen molar-refractivity contribution in [2.75, 3.05) is 4.90 Å². The molecule has 0 saturated heterocycles. The molecule has 0 radical (unpaired) electrons. The third kappa shape index (κ3) is 4.18. The first-order valence-corrected chi connectivity index (χ1v) is 18.4. The molecule has 1 aromatic heterocycles. The van der Waals surface area contributed by atoms with Gasteiger partial charge in [-0.25, -0.2) is 0 Å². The van der Waals surface area contributed by atoms with Crippen LogP contribution in [0.1, 0.15) is 61.1 Å². The number of para-hydroxylation sites is 2. The van der Waals surface area contributed by atoms with E-state index in [2.05, 4.69) is 180 Å². The van der Waals surface area contributed by atoms with E-state index in [4.69, 9.17) is 4.42 Å². The van der Waals surface area contributed by atoms with Crippen molar-refractivity contribution in [3.8, 4) is 33.4 Å². The Balaban J connectivity index is 1.18. The van der Waals surface area contributed by atoms with Gasteiger partial charge in [0.1, 0.15) is 11.2 Å². The summed E-state index contributed by atoms with van der Waals surface area (Å²) in [7, 11) is 0. The number of nitrogens with zero attached hydrogens (tertiary/aromatic N) is 1. The van der Waals surface area contributed by atoms with Crippen molar-refractivity contribution in [2.45, 2.75) is 52.4 Å². The van der Waals surface area contributed by atoms with Crippen LogP contribution in [0.3, 0.4) is 0 Å². The second kappa shape index (κ2) is 10.8. The van der Waals surface area contributed by atoms with Gasteiger partial charge in [-0.05, 0) is 106 Å². The Bertz CT molecular complexity index is 2760. The van der Waals surface area contributed by atoms with Crippen molar-refractivity contribution in [3.05, 3.63) is 173 Å². The average Bonchev–Trinajstić information content (AvgIpc) is 3.74. The van der Waals surface area contributed by atoms with Gasteiger partial charge in [-0.3, -0.25) is 0 Å². The molecule has 0 N–H and O–H groups in total. The van der Waals surface area contributed by atoms with E-state index < -0.39 is 0 Å². The topological polar surface area (TPSA) is 16.4 Å². The van der Waals surface area contributed by atoms with E-state index in [-0.39, 0.29) is 10.8 Å². The van der Waals surface area contributed by atoms with Gasteiger partial charge < -0.3 is 9.32 Å². The monoisotopic (exact) mass is 671 g/mol. The number of furan rings is 1. The highest BCUT2D eigenvalue weighted by Crippen LogP contribution is 2.56. The van der Waals surface area contributed by atoms with Gasteiger partial charge in [-0.1, -0.05) is 131 Å². The molecule has 8 aromatic rings. The van der Waals surface area contributed by atoms with E-state index in [0.29, 0.717) is 0 Å². The SMILES string of the molecule is Cc1ccc2c(c1C)C(C)(C)c1cccc(N(c3ccc(-c4cccc5c4oc4ccccc45)cc3)c3ccc4c(c3)C(C)(C)c3ccccc3-4)c1-2. The van der Waals surface area contributed by atoms with Crippen LogP contribution in [-0.2, 0) is 10.8 Å². The van der Waals surface area contributed by atoms with Gasteiger partial charge in [0.05, 0.1) is 5.69 Å². The zero-order valence-electron chi connectivity index (χ0n) is 30.6. The lowest BCUT2D eigenvalue weighted by Crippen LogP contribution is -2.18. The van der Waals surface area contributed by atoms with Crippen LogP contribution in [-0.4, -0.2) is 0 Å². The zero-order chi connectivity index (χ0) is 35.5. The summed E-state index contributed by atoms with van der Waals surface area (Å²) in [6.07, 6.45) is 0. The third-order valence-corrected chi connectivity index (χ3v) is 12.3. The van der Waals surface area contributed by atoms with Crippen molar-refractivity contribution in [2.24, 2.45) is 0 Å². The molecule has 0 saturated carbocycles. The third-order valence-electron chi connectivity index (χ3n) is 12.3. The van der Waals surface area contributed by atoms with E-state index in [1.54, 1.807) is 0 Å². The summed E-state index contributed by atoms with van der Waals surface area (Å²) < 4.78 is 6.45. The Hall–Kier alpha value is -5.86. The number of hydrogen-bond donors (Lipinski definition) is 0. The minimum absolute atomic E-state index is 0.107. The molecule has 0 atom stereocenters. The molecule has 0 fully saturated rings. The molecule has 252 valence electrons. The van der Waals surface area contributed by atoms with Gasteiger partial charge in [0, 0.05) is 44.1 Å². The molecule has 10 rings (SSSR count). The molecule has 2 heteroatoms. The predicted octanol–water partition coefficient (Wildman–Crippen LogP) is 14.0. The highest BCUT2D eigenvalue weighted by molar-refractivity contribution is 6.09. The van der Waals surface area contributed by atoms with Crippen LogP contribution >= 0.6 is 0 Å². The fourth-order valence-corrected chi connectivity index (χ4v) is 9.52. The van der Waals surface area contributed by atoms with Crippen LogP contribution in [0.4, 0.5) is 17.1 Å². The van der Waals surface area contributed by atoms with Crippen LogP contribution in [0, 0.1) is 13.8 Å². The van der Waals surface area contributed by atoms with Crippen LogP contribution in [0.25, 0.3) is 55.3 Å². The first-order valence-electron chi connectivity index (χ1n) is 18.4. The maximum atomic E-state index is 6.45. The zero-order valence-corrected chi connectivity index (χ0v) is 30.6. The summed E-state index contributed by atoms with van der Waals surface area (Å²) in [5.74, 6) is 0. The van der Waals surface area contributed by atoms with Crippen molar-refractivity contribution in [1.82, 2.24) is 0 Å². The van der Waals surface area contributed by atoms with Crippen molar-refractivity contribution in [3.63, 3.8) is 0 Å². The standard InChI is InChI=1S/C50H41NO/c1-30-21-27-40-46-42(50(5,6)47(40)31(30)2)18-12-19-44(46)51(34-26-28-37-36-13-7-9-17-41(36)49(3,4)43(37)29-34)33-24-22-32(23-25-33)35-15-11-16-39-38-14-8-10-20-45(38)52-48(35)39/h7-29H,1-6H3. The lowest BCUT2D eigenvalue weighted by atomic mass is 9.79. The Morgan fingerprint density at radius 2 is 1.15 bits per heavy atom. The van der Waals surface area contributed by atoms with Gasteiger partial charge in [0.25, 0.3) is 0 Å². The van der Waals surface area contributed by atoms with E-state index in [0.717, 1.165) is 44.4 Å². The summed E-state index contributed by atoms with van der Waals surface area (Å²) in [5.41, 5.74) is 21.0. The van der Waals surface area contributed by atoms with Crippen LogP contribution in [0.15, 0.2) is 144 Å². The first kappa shape index (κ1) is 30.9. The Morgan fingerprint density at radius 3 is 2.00 bits per heavy atom. The predicted molar refractivity (Wildman–Crippen MR) is 218 cm³/mol. The maximum Gasteiger partial charge on any atom is 0.143 e. The van der Waals surface area contributed by atoms with Gasteiger partial charge >= 0.3 is 0 Å². The molecular formula is C50H41NO. The molecule has 2 aliphatic rings. The smallest absolute Gasteiger partial charge is 0.143 e. The number of benzene rings is 7. The highest BCUT2D eigenvalue weighted by atomic mass is 16.3. The second-order valence-electron chi connectivity index (χ2n) is 15.8. The molecular weight excluding hydrogens is 631 g/mol. The van der Waals surface area contributed by atoms with E-state index >= 15 is 0 Å². The minimum atomic E-state index is -0.112. The van der Waals surface area contributed by atoms with Crippen molar-refractivity contribution >= 4 is 39.0 Å². The maximum absolute atomic E-state index is 6.45. The lowest BCUT2D eigenvalue weighted by Gasteiger charge is -2.30. The number of rotatable bonds is 4. The number of hydrogen-bond acceptors (Lipinski definition) is 2. The minimum Gasteiger partial charge on any atom is -0.455 e. The number of aryl methyl sites for hydroxylation is 1. The Labute approximate surface area is 306 Å². The number of fused-ring (bicyclic) bond motifs is 9. The molecule has 0 unspecified atom stereocenters. The summed E-state index contributed by atoms with van der Waals surface area (Å²) in [4.78, 5) is 2.49. The van der Waals surface area contributed by atoms with Gasteiger partial charge in [-0.2, -0.15) is 0 Å². The summed E-state index contributed by atoms with van der Waals surface area (Å²) in [6, 6.07) is 51.4. The van der Waals surface area contributed by atoms with Crippen LogP contribution in [0.2, 0.25) is 0 Å². The molecule has 0 aliphatic heterocycles. The largest absolute Gasteiger partial charge is 0.455 e. The number of anilines is 3. The van der Waals surface area contributed by atoms with Crippen molar-refractivity contribution in [1.29, 1.82) is 0 Å². The average molecular weight is 672 g/mol. The quantitative estimate of drug-likeness (QED) is 0.185. The molecule has 7 aromatic carbocycles. The Kier molecular flexibility index (Phi) is 6.44. The molecule has 0 bridgehead atoms. The van der Waals surface area contributed by atoms with Crippen LogP contribution < -0.4 is 4.90 Å². The summed E-state index contributed by atoms with van der Waals surface area (Å²) in [5, 5.41) is 2.29. The van der Waals surface area contributed by atoms with E-state index in [9.17, 15) is 0 Å². The molecule has 2 aliphatic carbocycles. The van der Waals surface area contributed by atoms with Crippen LogP contribution in [0.5, 0.6) is 0 Å². The molecule has 0 amide bonds. The Morgan fingerprint density at radius 1 is 0.500 bits per heavy atom. The lowest BCUT2D eigenvalue weighted by molar-refractivity contribution is 0.655. The fraction of sp³-hybridized carbons (Fsp3) is 0.160. The van der Waals surface area contributed by atoms with Gasteiger partial charge in [0.15, 0.2) is 0 Å². The van der Waals surface area contributed by atoms with Gasteiger partial charge in [0.2, 0.25) is 0 Å². The summed E-state index contributed by atoms with van der Waals surface area (Å²) >= 11 is 0. The molecule has 2 nitrogen and oxygen atoms in total. The van der Waals surface area contributed by atoms with E-state index in [1.807, 2.05) is 6.07 Å². The normalized spacial score (nSPS) is 14.7.